The van der Waals surface area contributed by atoms with Crippen LogP contribution >= 0.6 is 0 Å². The third-order valence-corrected chi connectivity index (χ3v) is 4.09. The Kier molecular flexibility index (Phi) is 4.37. The Morgan fingerprint density at radius 1 is 1.07 bits per heavy atom. The number of nitrogens with zero attached hydrogens (tertiary/aromatic N) is 6. The van der Waals surface area contributed by atoms with Gasteiger partial charge in [0.2, 0.25) is 5.95 Å². The molecule has 7 nitrogen and oxygen atoms in total. The lowest BCUT2D eigenvalue weighted by atomic mass is 10.1. The second-order valence-corrected chi connectivity index (χ2v) is 6.14. The summed E-state index contributed by atoms with van der Waals surface area (Å²) >= 11 is 0. The molecule has 2 heterocycles. The lowest BCUT2D eigenvalue weighted by molar-refractivity contribution is 0.687. The average molecular weight is 355 g/mol. The number of rotatable bonds is 5. The second-order valence-electron chi connectivity index (χ2n) is 6.14. The van der Waals surface area contributed by atoms with E-state index < -0.39 is 0 Å². The topological polar surface area (TPSA) is 84.4 Å². The Labute approximate surface area is 156 Å². The molecule has 0 atom stereocenters. The molecule has 0 amide bonds. The first-order chi connectivity index (χ1) is 13.2. The van der Waals surface area contributed by atoms with Crippen molar-refractivity contribution in [2.45, 2.75) is 13.5 Å². The maximum Gasteiger partial charge on any atom is 0.246 e. The summed E-state index contributed by atoms with van der Waals surface area (Å²) in [5.41, 5.74) is 4.13. The van der Waals surface area contributed by atoms with Gasteiger partial charge in [0, 0.05) is 11.9 Å². The smallest absolute Gasteiger partial charge is 0.246 e. The summed E-state index contributed by atoms with van der Waals surface area (Å²) in [6.45, 7) is 2.56. The minimum absolute atomic E-state index is 0.487. The predicted octanol–water partition coefficient (Wildman–Crippen LogP) is 3.44. The van der Waals surface area contributed by atoms with E-state index in [9.17, 15) is 5.26 Å². The molecule has 0 fully saturated rings. The molecule has 0 spiro atoms. The van der Waals surface area contributed by atoms with E-state index in [4.69, 9.17) is 0 Å². The largest absolute Gasteiger partial charge is 0.323 e. The number of nitriles is 1. The molecular formula is C20H17N7. The minimum atomic E-state index is 0.487. The molecule has 0 saturated carbocycles. The molecule has 0 aliphatic heterocycles. The van der Waals surface area contributed by atoms with Crippen molar-refractivity contribution in [2.75, 3.05) is 5.32 Å². The lowest BCUT2D eigenvalue weighted by Crippen LogP contribution is -2.01. The molecule has 1 N–H and O–H groups in total. The first-order valence-electron chi connectivity index (χ1n) is 8.47. The Morgan fingerprint density at radius 2 is 1.93 bits per heavy atom. The van der Waals surface area contributed by atoms with Gasteiger partial charge in [-0.1, -0.05) is 30.3 Å². The van der Waals surface area contributed by atoms with E-state index in [0.29, 0.717) is 18.1 Å². The summed E-state index contributed by atoms with van der Waals surface area (Å²) in [6, 6.07) is 17.9. The normalized spacial score (nSPS) is 10.5. The van der Waals surface area contributed by atoms with Crippen LogP contribution in [-0.2, 0) is 6.54 Å². The van der Waals surface area contributed by atoms with Crippen molar-refractivity contribution in [2.24, 2.45) is 0 Å². The zero-order valence-corrected chi connectivity index (χ0v) is 14.7. The highest BCUT2D eigenvalue weighted by atomic mass is 15.4. The Bertz CT molecular complexity index is 1100. The molecule has 0 radical (unpaired) electrons. The van der Waals surface area contributed by atoms with Gasteiger partial charge in [0.25, 0.3) is 0 Å². The first kappa shape index (κ1) is 16.5. The molecule has 0 aliphatic rings. The van der Waals surface area contributed by atoms with Crippen LogP contribution in [0, 0.1) is 18.3 Å². The predicted molar refractivity (Wildman–Crippen MR) is 102 cm³/mol. The van der Waals surface area contributed by atoms with Crippen LogP contribution in [0.5, 0.6) is 0 Å². The van der Waals surface area contributed by atoms with Crippen molar-refractivity contribution in [1.82, 2.24) is 24.3 Å². The molecule has 7 heteroatoms. The number of hydrogen-bond donors (Lipinski definition) is 1. The van der Waals surface area contributed by atoms with Gasteiger partial charge in [0.05, 0.1) is 29.8 Å². The fourth-order valence-electron chi connectivity index (χ4n) is 2.81. The van der Waals surface area contributed by atoms with Crippen molar-refractivity contribution < 1.29 is 0 Å². The van der Waals surface area contributed by atoms with Gasteiger partial charge in [-0.2, -0.15) is 5.26 Å². The second kappa shape index (κ2) is 7.14. The van der Waals surface area contributed by atoms with Crippen LogP contribution < -0.4 is 5.32 Å². The Morgan fingerprint density at radius 3 is 2.67 bits per heavy atom. The fraction of sp³-hybridized carbons (Fsp3) is 0.100. The summed E-state index contributed by atoms with van der Waals surface area (Å²) in [6.07, 6.45) is 5.27. The van der Waals surface area contributed by atoms with Crippen LogP contribution in [0.2, 0.25) is 0 Å². The first-order valence-corrected chi connectivity index (χ1v) is 8.47. The summed E-state index contributed by atoms with van der Waals surface area (Å²) in [5, 5.41) is 17.1. The highest BCUT2D eigenvalue weighted by molar-refractivity contribution is 5.62. The Hall–Kier alpha value is -3.92. The van der Waals surface area contributed by atoms with E-state index in [1.807, 2.05) is 60.2 Å². The summed E-state index contributed by atoms with van der Waals surface area (Å²) < 4.78 is 3.61. The van der Waals surface area contributed by atoms with E-state index in [0.717, 1.165) is 22.6 Å². The van der Waals surface area contributed by atoms with Gasteiger partial charge in [-0.25, -0.2) is 14.6 Å². The molecular weight excluding hydrogens is 338 g/mol. The molecule has 0 saturated heterocycles. The molecule has 0 bridgehead atoms. The fourth-order valence-corrected chi connectivity index (χ4v) is 2.81. The van der Waals surface area contributed by atoms with Crippen molar-refractivity contribution >= 4 is 11.6 Å². The van der Waals surface area contributed by atoms with E-state index >= 15 is 0 Å². The molecule has 0 unspecified atom stereocenters. The van der Waals surface area contributed by atoms with Crippen LogP contribution in [0.1, 0.15) is 16.8 Å². The summed E-state index contributed by atoms with van der Waals surface area (Å²) in [7, 11) is 0. The Balaban J connectivity index is 1.52. The van der Waals surface area contributed by atoms with Gasteiger partial charge >= 0.3 is 0 Å². The van der Waals surface area contributed by atoms with Gasteiger partial charge in [0.15, 0.2) is 0 Å². The molecule has 0 aliphatic carbocycles. The molecule has 4 aromatic rings. The molecule has 2 aromatic carbocycles. The highest BCUT2D eigenvalue weighted by Gasteiger charge is 2.08. The van der Waals surface area contributed by atoms with Crippen LogP contribution in [0.25, 0.3) is 5.69 Å². The number of aromatic nitrogens is 5. The number of imidazole rings is 1. The summed E-state index contributed by atoms with van der Waals surface area (Å²) in [4.78, 5) is 8.50. The quantitative estimate of drug-likeness (QED) is 0.593. The third-order valence-electron chi connectivity index (χ3n) is 4.09. The maximum atomic E-state index is 9.50. The van der Waals surface area contributed by atoms with E-state index in [1.165, 1.54) is 0 Å². The monoisotopic (exact) mass is 355 g/mol. The standard InChI is InChI=1S/C20H17N7/c1-15-11-26(13-22-15)19-8-7-18(9-17(19)10-21)24-20-23-14-27(25-20)12-16-5-3-2-4-6-16/h2-9,11,13-14H,12H2,1H3,(H,24,25). The molecule has 2 aromatic heterocycles. The molecule has 4 rings (SSSR count). The van der Waals surface area contributed by atoms with Crippen molar-refractivity contribution in [3.05, 3.63) is 84.2 Å². The zero-order valence-electron chi connectivity index (χ0n) is 14.7. The van der Waals surface area contributed by atoms with Gasteiger partial charge in [-0.05, 0) is 30.7 Å². The maximum absolute atomic E-state index is 9.50. The molecule has 27 heavy (non-hydrogen) atoms. The number of hydrogen-bond acceptors (Lipinski definition) is 5. The van der Waals surface area contributed by atoms with E-state index in [-0.39, 0.29) is 0 Å². The minimum Gasteiger partial charge on any atom is -0.323 e. The highest BCUT2D eigenvalue weighted by Crippen LogP contribution is 2.21. The van der Waals surface area contributed by atoms with Crippen LogP contribution in [0.3, 0.4) is 0 Å². The van der Waals surface area contributed by atoms with E-state index in [1.54, 1.807) is 23.4 Å². The summed E-state index contributed by atoms with van der Waals surface area (Å²) in [5.74, 6) is 0.487. The van der Waals surface area contributed by atoms with Crippen molar-refractivity contribution in [3.63, 3.8) is 0 Å². The van der Waals surface area contributed by atoms with Crippen LogP contribution in [0.15, 0.2) is 67.4 Å². The van der Waals surface area contributed by atoms with Crippen molar-refractivity contribution in [1.29, 1.82) is 5.26 Å². The van der Waals surface area contributed by atoms with Gasteiger partial charge in [-0.15, -0.1) is 5.10 Å². The lowest BCUT2D eigenvalue weighted by Gasteiger charge is -2.08. The van der Waals surface area contributed by atoms with Gasteiger partial charge in [-0.3, -0.25) is 0 Å². The molecule has 132 valence electrons. The number of benzene rings is 2. The average Bonchev–Trinajstić information content (AvgIpc) is 3.31. The van der Waals surface area contributed by atoms with Crippen LogP contribution in [-0.4, -0.2) is 24.3 Å². The number of nitrogens with one attached hydrogen (secondary N) is 1. The van der Waals surface area contributed by atoms with Crippen LogP contribution in [0.4, 0.5) is 11.6 Å². The number of aryl methyl sites for hydroxylation is 1. The third kappa shape index (κ3) is 3.70. The van der Waals surface area contributed by atoms with E-state index in [2.05, 4.69) is 26.5 Å². The number of anilines is 2. The SMILES string of the molecule is Cc1cn(-c2ccc(Nc3ncn(Cc4ccccc4)n3)cc2C#N)cn1. The van der Waals surface area contributed by atoms with Gasteiger partial charge in [0.1, 0.15) is 12.4 Å². The zero-order chi connectivity index (χ0) is 18.6. The van der Waals surface area contributed by atoms with Gasteiger partial charge < -0.3 is 9.88 Å². The van der Waals surface area contributed by atoms with Crippen molar-refractivity contribution in [3.8, 4) is 11.8 Å².